The molecule has 1 aliphatic rings. The zero-order valence-electron chi connectivity index (χ0n) is 8.22. The number of aliphatic carboxylic acids is 1. The molecule has 1 aliphatic carbocycles. The Bertz CT molecular complexity index is 415. The van der Waals surface area contributed by atoms with Gasteiger partial charge in [0, 0.05) is 5.92 Å². The highest BCUT2D eigenvalue weighted by Gasteiger charge is 2.10. The van der Waals surface area contributed by atoms with Gasteiger partial charge in [-0.2, -0.15) is 0 Å². The van der Waals surface area contributed by atoms with E-state index >= 15 is 0 Å². The second-order valence-electron chi connectivity index (χ2n) is 3.56. The predicted octanol–water partition coefficient (Wildman–Crippen LogP) is 1.41. The van der Waals surface area contributed by atoms with Gasteiger partial charge in [0.15, 0.2) is 0 Å². The molecule has 1 unspecified atom stereocenters. The van der Waals surface area contributed by atoms with Crippen LogP contribution in [-0.2, 0) is 4.79 Å². The number of rotatable bonds is 2. The zero-order chi connectivity index (χ0) is 10.7. The largest absolute Gasteiger partial charge is 0.545 e. The van der Waals surface area contributed by atoms with Gasteiger partial charge in [0.1, 0.15) is 0 Å². The Labute approximate surface area is 88.6 Å². The quantitative estimate of drug-likeness (QED) is 0.722. The molecule has 0 radical (unpaired) electrons. The van der Waals surface area contributed by atoms with E-state index in [0.717, 1.165) is 6.42 Å². The molecule has 1 aromatic carbocycles. The van der Waals surface area contributed by atoms with Crippen LogP contribution in [0.1, 0.15) is 17.9 Å². The van der Waals surface area contributed by atoms with Crippen LogP contribution in [-0.4, -0.2) is 5.97 Å². The van der Waals surface area contributed by atoms with Crippen molar-refractivity contribution in [2.45, 2.75) is 12.3 Å². The van der Waals surface area contributed by atoms with E-state index in [9.17, 15) is 9.90 Å². The first-order chi connectivity index (χ1) is 7.27. The lowest BCUT2D eigenvalue weighted by Crippen LogP contribution is -2.24. The molecular formula is C13H11O2-. The lowest BCUT2D eigenvalue weighted by Gasteiger charge is -2.16. The average Bonchev–Trinajstić information content (AvgIpc) is 2.30. The van der Waals surface area contributed by atoms with Gasteiger partial charge >= 0.3 is 0 Å². The molecule has 0 saturated carbocycles. The number of carbonyl (C=O) groups is 1. The molecule has 0 aliphatic heterocycles. The first-order valence-electron chi connectivity index (χ1n) is 4.92. The molecule has 1 aromatic rings. The van der Waals surface area contributed by atoms with Crippen molar-refractivity contribution in [2.24, 2.45) is 0 Å². The van der Waals surface area contributed by atoms with Gasteiger partial charge in [-0.25, -0.2) is 0 Å². The minimum absolute atomic E-state index is 0.280. The van der Waals surface area contributed by atoms with Gasteiger partial charge in [0.05, 0.1) is 5.97 Å². The van der Waals surface area contributed by atoms with Crippen LogP contribution in [0.2, 0.25) is 0 Å². The molecule has 2 nitrogen and oxygen atoms in total. The van der Waals surface area contributed by atoms with Crippen LogP contribution >= 0.6 is 0 Å². The molecule has 1 atom stereocenters. The van der Waals surface area contributed by atoms with Gasteiger partial charge in [-0.3, -0.25) is 0 Å². The summed E-state index contributed by atoms with van der Waals surface area (Å²) in [5.74, 6) is -0.813. The van der Waals surface area contributed by atoms with Crippen LogP contribution in [0.4, 0.5) is 0 Å². The van der Waals surface area contributed by atoms with Crippen LogP contribution in [0.5, 0.6) is 0 Å². The first-order valence-corrected chi connectivity index (χ1v) is 4.92. The molecule has 0 heterocycles. The van der Waals surface area contributed by atoms with Crippen LogP contribution < -0.4 is 5.11 Å². The molecule has 0 aromatic heterocycles. The van der Waals surface area contributed by atoms with Crippen molar-refractivity contribution in [3.05, 3.63) is 59.7 Å². The number of hydrogen-bond acceptors (Lipinski definition) is 2. The van der Waals surface area contributed by atoms with E-state index in [1.165, 1.54) is 5.56 Å². The molecule has 76 valence electrons. The molecule has 0 bridgehead atoms. The number of carbonyl (C=O) groups excluding carboxylic acids is 1. The monoisotopic (exact) mass is 199 g/mol. The van der Waals surface area contributed by atoms with Gasteiger partial charge in [-0.1, -0.05) is 48.6 Å². The second-order valence-corrected chi connectivity index (χ2v) is 3.56. The maximum absolute atomic E-state index is 10.6. The third-order valence-electron chi connectivity index (χ3n) is 2.56. The smallest absolute Gasteiger partial charge is 0.0712 e. The van der Waals surface area contributed by atoms with Crippen molar-refractivity contribution in [1.82, 2.24) is 0 Å². The summed E-state index contributed by atoms with van der Waals surface area (Å²) in [5, 5.41) is 10.6. The van der Waals surface area contributed by atoms with Crippen molar-refractivity contribution in [3.63, 3.8) is 0 Å². The maximum atomic E-state index is 10.6. The standard InChI is InChI=1S/C13H12O2/c14-13(15)12-8-6-11(7-9-12)10-4-2-1-3-5-10/h1-6,8-9,11H,7H2,(H,14,15)/p-1. The van der Waals surface area contributed by atoms with Crippen LogP contribution in [0.3, 0.4) is 0 Å². The summed E-state index contributed by atoms with van der Waals surface area (Å²) in [4.78, 5) is 10.6. The third kappa shape index (κ3) is 2.15. The number of carboxylic acid groups (broad SMARTS) is 1. The number of allylic oxidation sites excluding steroid dienone is 2. The summed E-state index contributed by atoms with van der Waals surface area (Å²) < 4.78 is 0. The van der Waals surface area contributed by atoms with Gasteiger partial charge in [0.2, 0.25) is 0 Å². The van der Waals surface area contributed by atoms with Crippen LogP contribution in [0, 0.1) is 0 Å². The fraction of sp³-hybridized carbons (Fsp3) is 0.154. The topological polar surface area (TPSA) is 40.1 Å². The Morgan fingerprint density at radius 2 is 2.00 bits per heavy atom. The highest BCUT2D eigenvalue weighted by molar-refractivity contribution is 5.88. The molecular weight excluding hydrogens is 188 g/mol. The molecule has 0 fully saturated rings. The summed E-state index contributed by atoms with van der Waals surface area (Å²) in [7, 11) is 0. The zero-order valence-corrected chi connectivity index (χ0v) is 8.22. The molecule has 0 saturated heterocycles. The van der Waals surface area contributed by atoms with E-state index in [4.69, 9.17) is 0 Å². The van der Waals surface area contributed by atoms with E-state index in [0.29, 0.717) is 0 Å². The normalized spacial score (nSPS) is 19.7. The summed E-state index contributed by atoms with van der Waals surface area (Å²) in [5.41, 5.74) is 1.49. The third-order valence-corrected chi connectivity index (χ3v) is 2.56. The highest BCUT2D eigenvalue weighted by atomic mass is 16.4. The fourth-order valence-corrected chi connectivity index (χ4v) is 1.72. The second kappa shape index (κ2) is 4.13. The minimum Gasteiger partial charge on any atom is -0.545 e. The highest BCUT2D eigenvalue weighted by Crippen LogP contribution is 2.26. The maximum Gasteiger partial charge on any atom is 0.0712 e. The first kappa shape index (κ1) is 9.71. The summed E-state index contributed by atoms with van der Waals surface area (Å²) in [6, 6.07) is 10.0. The Morgan fingerprint density at radius 3 is 2.53 bits per heavy atom. The fourth-order valence-electron chi connectivity index (χ4n) is 1.72. The summed E-state index contributed by atoms with van der Waals surface area (Å²) in [6.45, 7) is 0. The van der Waals surface area contributed by atoms with Crippen molar-refractivity contribution in [2.75, 3.05) is 0 Å². The molecule has 0 amide bonds. The lowest BCUT2D eigenvalue weighted by atomic mass is 9.90. The van der Waals surface area contributed by atoms with Gasteiger partial charge in [0.25, 0.3) is 0 Å². The minimum atomic E-state index is -1.10. The van der Waals surface area contributed by atoms with Gasteiger partial charge < -0.3 is 9.90 Å². The van der Waals surface area contributed by atoms with Gasteiger partial charge in [-0.05, 0) is 17.6 Å². The van der Waals surface area contributed by atoms with Crippen LogP contribution in [0.25, 0.3) is 0 Å². The van der Waals surface area contributed by atoms with E-state index in [2.05, 4.69) is 0 Å². The number of carboxylic acids is 1. The van der Waals surface area contributed by atoms with Crippen molar-refractivity contribution in [3.8, 4) is 0 Å². The predicted molar refractivity (Wildman–Crippen MR) is 56.0 cm³/mol. The Hall–Kier alpha value is -1.83. The Kier molecular flexibility index (Phi) is 2.68. The van der Waals surface area contributed by atoms with Crippen molar-refractivity contribution >= 4 is 5.97 Å². The SMILES string of the molecule is O=C([O-])C1=CCC(c2ccccc2)C=C1. The number of hydrogen-bond donors (Lipinski definition) is 0. The van der Waals surface area contributed by atoms with Crippen LogP contribution in [0.15, 0.2) is 54.1 Å². The van der Waals surface area contributed by atoms with E-state index in [1.54, 1.807) is 12.2 Å². The average molecular weight is 199 g/mol. The molecule has 2 heteroatoms. The Balaban J connectivity index is 2.14. The van der Waals surface area contributed by atoms with E-state index in [1.807, 2.05) is 36.4 Å². The molecule has 15 heavy (non-hydrogen) atoms. The van der Waals surface area contributed by atoms with Crippen molar-refractivity contribution in [1.29, 1.82) is 0 Å². The van der Waals surface area contributed by atoms with E-state index in [-0.39, 0.29) is 11.5 Å². The molecule has 2 rings (SSSR count). The summed E-state index contributed by atoms with van der Waals surface area (Å²) in [6.07, 6.45) is 5.98. The van der Waals surface area contributed by atoms with E-state index < -0.39 is 5.97 Å². The molecule has 0 N–H and O–H groups in total. The van der Waals surface area contributed by atoms with Gasteiger partial charge in [-0.15, -0.1) is 0 Å². The number of benzene rings is 1. The summed E-state index contributed by atoms with van der Waals surface area (Å²) >= 11 is 0. The molecule has 0 spiro atoms. The lowest BCUT2D eigenvalue weighted by molar-refractivity contribution is -0.298. The van der Waals surface area contributed by atoms with Crippen molar-refractivity contribution < 1.29 is 9.90 Å². The Morgan fingerprint density at radius 1 is 1.27 bits per heavy atom.